The number of rotatable bonds is 12. The quantitative estimate of drug-likeness (QED) is 0.483. The van der Waals surface area contributed by atoms with Crippen LogP contribution in [0.1, 0.15) is 55.8 Å². The predicted octanol–water partition coefficient (Wildman–Crippen LogP) is 5.30. The van der Waals surface area contributed by atoms with Crippen LogP contribution in [-0.4, -0.2) is 48.0 Å². The van der Waals surface area contributed by atoms with E-state index in [1.54, 1.807) is 0 Å². The largest absolute Gasteiger partial charge is 0.494 e. The van der Waals surface area contributed by atoms with Crippen LogP contribution in [0, 0.1) is 0 Å². The number of amides is 1. The van der Waals surface area contributed by atoms with Gasteiger partial charge in [-0.05, 0) is 75.5 Å². The van der Waals surface area contributed by atoms with Crippen molar-refractivity contribution < 1.29 is 9.53 Å². The van der Waals surface area contributed by atoms with Gasteiger partial charge in [0.1, 0.15) is 5.75 Å². The Kier molecular flexibility index (Phi) is 9.51. The van der Waals surface area contributed by atoms with Gasteiger partial charge in [-0.2, -0.15) is 0 Å². The zero-order chi connectivity index (χ0) is 20.4. The highest BCUT2D eigenvalue weighted by atomic mass is 32.1. The Morgan fingerprint density at radius 3 is 2.39 bits per heavy atom. The van der Waals surface area contributed by atoms with E-state index in [0.29, 0.717) is 13.2 Å². The highest BCUT2D eigenvalue weighted by molar-refractivity contribution is 7.12. The van der Waals surface area contributed by atoms with Crippen LogP contribution < -0.4 is 4.74 Å². The molecule has 0 saturated heterocycles. The third-order valence-electron chi connectivity index (χ3n) is 5.10. The van der Waals surface area contributed by atoms with E-state index in [4.69, 9.17) is 4.74 Å². The Morgan fingerprint density at radius 1 is 1.11 bits per heavy atom. The summed E-state index contributed by atoms with van der Waals surface area (Å²) in [5.41, 5.74) is 1.13. The lowest BCUT2D eigenvalue weighted by atomic mass is 10.1. The maximum Gasteiger partial charge on any atom is 0.264 e. The van der Waals surface area contributed by atoms with Gasteiger partial charge >= 0.3 is 0 Å². The van der Waals surface area contributed by atoms with Gasteiger partial charge in [0.15, 0.2) is 0 Å². The van der Waals surface area contributed by atoms with Crippen LogP contribution in [0.3, 0.4) is 0 Å². The molecule has 0 aliphatic rings. The van der Waals surface area contributed by atoms with Crippen molar-refractivity contribution in [1.82, 2.24) is 9.80 Å². The van der Waals surface area contributed by atoms with Gasteiger partial charge in [-0.1, -0.05) is 32.0 Å². The van der Waals surface area contributed by atoms with Crippen LogP contribution in [-0.2, 0) is 6.54 Å². The van der Waals surface area contributed by atoms with Gasteiger partial charge in [-0.3, -0.25) is 4.79 Å². The van der Waals surface area contributed by atoms with E-state index < -0.39 is 0 Å². The molecule has 0 N–H and O–H groups in total. The summed E-state index contributed by atoms with van der Waals surface area (Å²) in [4.78, 5) is 18.4. The van der Waals surface area contributed by atoms with E-state index >= 15 is 0 Å². The molecule has 0 aliphatic carbocycles. The van der Waals surface area contributed by atoms with Gasteiger partial charge in [-0.15, -0.1) is 11.3 Å². The number of ether oxygens (including phenoxy) is 1. The number of nitrogens with zero attached hydrogens (tertiary/aromatic N) is 2. The molecule has 1 heterocycles. The van der Waals surface area contributed by atoms with Crippen LogP contribution in [0.4, 0.5) is 0 Å². The molecule has 1 atom stereocenters. The molecular weight excluding hydrogens is 368 g/mol. The first-order valence-electron chi connectivity index (χ1n) is 10.4. The fourth-order valence-corrected chi connectivity index (χ4v) is 4.01. The Bertz CT molecular complexity index is 681. The molecular formula is C23H34N2O2S. The fraction of sp³-hybridized carbons (Fsp3) is 0.522. The average molecular weight is 403 g/mol. The van der Waals surface area contributed by atoms with Gasteiger partial charge in [0.25, 0.3) is 5.91 Å². The molecule has 2 aromatic rings. The van der Waals surface area contributed by atoms with Gasteiger partial charge in [-0.25, -0.2) is 0 Å². The molecule has 154 valence electrons. The normalized spacial score (nSPS) is 12.2. The van der Waals surface area contributed by atoms with Crippen molar-refractivity contribution in [1.29, 1.82) is 0 Å². The van der Waals surface area contributed by atoms with E-state index in [2.05, 4.69) is 37.8 Å². The Morgan fingerprint density at radius 2 is 1.82 bits per heavy atom. The molecule has 1 aromatic carbocycles. The fourth-order valence-electron chi connectivity index (χ4n) is 3.33. The molecule has 0 fully saturated rings. The van der Waals surface area contributed by atoms with Crippen LogP contribution in [0.2, 0.25) is 0 Å². The number of hydrogen-bond acceptors (Lipinski definition) is 4. The minimum Gasteiger partial charge on any atom is -0.494 e. The van der Waals surface area contributed by atoms with Crippen molar-refractivity contribution in [2.75, 3.05) is 26.2 Å². The minimum absolute atomic E-state index is 0.124. The van der Waals surface area contributed by atoms with Crippen LogP contribution in [0.25, 0.3) is 0 Å². The SMILES string of the molecule is CCOc1ccc(CN(C(=O)c2cccs2)C(C)CCCN(CC)CC)cc1. The first-order valence-corrected chi connectivity index (χ1v) is 11.3. The van der Waals surface area contributed by atoms with E-state index in [0.717, 1.165) is 48.7 Å². The van der Waals surface area contributed by atoms with E-state index in [1.165, 1.54) is 11.3 Å². The summed E-state index contributed by atoms with van der Waals surface area (Å²) in [6.45, 7) is 13.1. The lowest BCUT2D eigenvalue weighted by Gasteiger charge is -2.30. The minimum atomic E-state index is 0.124. The van der Waals surface area contributed by atoms with Gasteiger partial charge in [0.2, 0.25) is 0 Å². The number of carbonyl (C=O) groups excluding carboxylic acids is 1. The molecule has 5 heteroatoms. The summed E-state index contributed by atoms with van der Waals surface area (Å²) in [6.07, 6.45) is 2.10. The van der Waals surface area contributed by atoms with Crippen molar-refractivity contribution in [2.45, 2.75) is 53.1 Å². The number of thiophene rings is 1. The molecule has 4 nitrogen and oxygen atoms in total. The third kappa shape index (κ3) is 6.64. The Labute approximate surface area is 174 Å². The molecule has 0 bridgehead atoms. The second-order valence-corrected chi connectivity index (χ2v) is 7.95. The molecule has 1 amide bonds. The Hall–Kier alpha value is -1.85. The summed E-state index contributed by atoms with van der Waals surface area (Å²) < 4.78 is 5.53. The standard InChI is InChI=1S/C23H34N2O2S/c1-5-24(6-2)16-8-10-19(4)25(23(26)22-11-9-17-28-22)18-20-12-14-21(15-13-20)27-7-3/h9,11-15,17,19H,5-8,10,16,18H2,1-4H3. The first-order chi connectivity index (χ1) is 13.6. The van der Waals surface area contributed by atoms with Crippen molar-refractivity contribution in [3.63, 3.8) is 0 Å². The van der Waals surface area contributed by atoms with Crippen molar-refractivity contribution in [3.8, 4) is 5.75 Å². The zero-order valence-electron chi connectivity index (χ0n) is 17.7. The number of benzene rings is 1. The van der Waals surface area contributed by atoms with Crippen LogP contribution >= 0.6 is 11.3 Å². The van der Waals surface area contributed by atoms with Crippen LogP contribution in [0.15, 0.2) is 41.8 Å². The first kappa shape index (κ1) is 22.4. The summed E-state index contributed by atoms with van der Waals surface area (Å²) in [5, 5.41) is 1.97. The van der Waals surface area contributed by atoms with E-state index in [9.17, 15) is 4.79 Å². The topological polar surface area (TPSA) is 32.8 Å². The van der Waals surface area contributed by atoms with Gasteiger partial charge < -0.3 is 14.5 Å². The van der Waals surface area contributed by atoms with Crippen molar-refractivity contribution >= 4 is 17.2 Å². The maximum absolute atomic E-state index is 13.1. The number of hydrogen-bond donors (Lipinski definition) is 0. The molecule has 0 radical (unpaired) electrons. The predicted molar refractivity (Wildman–Crippen MR) is 118 cm³/mol. The molecule has 1 aromatic heterocycles. The average Bonchev–Trinajstić information content (AvgIpc) is 3.25. The number of carbonyl (C=O) groups is 1. The monoisotopic (exact) mass is 402 g/mol. The summed E-state index contributed by atoms with van der Waals surface area (Å²) in [5.74, 6) is 0.994. The summed E-state index contributed by atoms with van der Waals surface area (Å²) >= 11 is 1.51. The smallest absolute Gasteiger partial charge is 0.264 e. The second kappa shape index (κ2) is 11.9. The molecule has 0 spiro atoms. The van der Waals surface area contributed by atoms with Gasteiger partial charge in [0.05, 0.1) is 11.5 Å². The van der Waals surface area contributed by atoms with E-state index in [1.807, 2.05) is 41.5 Å². The summed E-state index contributed by atoms with van der Waals surface area (Å²) in [7, 11) is 0. The lowest BCUT2D eigenvalue weighted by Crippen LogP contribution is -2.38. The molecule has 2 rings (SSSR count). The molecule has 0 aliphatic heterocycles. The Balaban J connectivity index is 2.07. The second-order valence-electron chi connectivity index (χ2n) is 7.01. The van der Waals surface area contributed by atoms with Crippen molar-refractivity contribution in [3.05, 3.63) is 52.2 Å². The van der Waals surface area contributed by atoms with E-state index in [-0.39, 0.29) is 11.9 Å². The zero-order valence-corrected chi connectivity index (χ0v) is 18.5. The lowest BCUT2D eigenvalue weighted by molar-refractivity contribution is 0.0667. The maximum atomic E-state index is 13.1. The highest BCUT2D eigenvalue weighted by Crippen LogP contribution is 2.21. The van der Waals surface area contributed by atoms with Crippen LogP contribution in [0.5, 0.6) is 5.75 Å². The van der Waals surface area contributed by atoms with Gasteiger partial charge in [0, 0.05) is 12.6 Å². The van der Waals surface area contributed by atoms with Crippen molar-refractivity contribution in [2.24, 2.45) is 0 Å². The third-order valence-corrected chi connectivity index (χ3v) is 5.96. The summed E-state index contributed by atoms with van der Waals surface area (Å²) in [6, 6.07) is 12.1. The molecule has 1 unspecified atom stereocenters. The highest BCUT2D eigenvalue weighted by Gasteiger charge is 2.22. The molecule has 0 saturated carbocycles. The molecule has 28 heavy (non-hydrogen) atoms.